The van der Waals surface area contributed by atoms with Crippen LogP contribution < -0.4 is 10.0 Å². The zero-order valence-electron chi connectivity index (χ0n) is 14.5. The Kier molecular flexibility index (Phi) is 5.10. The Morgan fingerprint density at radius 2 is 2.04 bits per heavy atom. The lowest BCUT2D eigenvalue weighted by Crippen LogP contribution is -2.35. The first-order valence-corrected chi connectivity index (χ1v) is 9.50. The summed E-state index contributed by atoms with van der Waals surface area (Å²) in [5.41, 5.74) is 0.474. The summed E-state index contributed by atoms with van der Waals surface area (Å²) in [5, 5.41) is 2.80. The Hall–Kier alpha value is -2.65. The van der Waals surface area contributed by atoms with Crippen molar-refractivity contribution in [1.29, 1.82) is 0 Å². The number of carbonyl (C=O) groups excluding carboxylic acids is 1. The molecule has 0 radical (unpaired) electrons. The number of hydrogen-bond acceptors (Lipinski definition) is 6. The zero-order valence-corrected chi connectivity index (χ0v) is 15.3. The van der Waals surface area contributed by atoms with Crippen molar-refractivity contribution in [3.05, 3.63) is 54.0 Å². The van der Waals surface area contributed by atoms with Gasteiger partial charge in [0.25, 0.3) is 10.0 Å². The first kappa shape index (κ1) is 18.2. The Morgan fingerprint density at radius 3 is 2.73 bits per heavy atom. The van der Waals surface area contributed by atoms with Gasteiger partial charge >= 0.3 is 0 Å². The van der Waals surface area contributed by atoms with Crippen LogP contribution in [0.1, 0.15) is 17.4 Å². The van der Waals surface area contributed by atoms with Gasteiger partial charge in [0.2, 0.25) is 5.91 Å². The Bertz CT molecular complexity index is 920. The third-order valence-electron chi connectivity index (χ3n) is 4.03. The van der Waals surface area contributed by atoms with Gasteiger partial charge in [-0.2, -0.15) is 0 Å². The van der Waals surface area contributed by atoms with E-state index in [1.807, 2.05) is 25.1 Å². The second-order valence-corrected chi connectivity index (χ2v) is 7.72. The molecule has 138 valence electrons. The molecular formula is C17H20N4O4S. The molecule has 2 aromatic rings. The number of amides is 1. The lowest BCUT2D eigenvalue weighted by atomic mass is 10.2. The van der Waals surface area contributed by atoms with E-state index in [-0.39, 0.29) is 29.2 Å². The lowest BCUT2D eigenvalue weighted by Gasteiger charge is -2.22. The first-order valence-electron chi connectivity index (χ1n) is 8.01. The second-order valence-electron chi connectivity index (χ2n) is 6.07. The van der Waals surface area contributed by atoms with Gasteiger partial charge in [0, 0.05) is 12.1 Å². The summed E-state index contributed by atoms with van der Waals surface area (Å²) >= 11 is 0. The zero-order chi connectivity index (χ0) is 18.7. The standard InChI is InChI=1S/C17H20N4O4S/c1-21(2)13(14-7-5-9-25-14)10-18-16(22)11-19-17-12-6-3-4-8-15(12)26(23,24)20-17/h3-9,13H,10-11H2,1-2H3,(H,18,22)(H,19,20). The quantitative estimate of drug-likeness (QED) is 0.774. The molecule has 0 aliphatic carbocycles. The van der Waals surface area contributed by atoms with E-state index < -0.39 is 10.0 Å². The fourth-order valence-electron chi connectivity index (χ4n) is 2.69. The maximum Gasteiger partial charge on any atom is 0.263 e. The maximum atomic E-state index is 12.1. The van der Waals surface area contributed by atoms with E-state index in [4.69, 9.17) is 4.42 Å². The fourth-order valence-corrected chi connectivity index (χ4v) is 3.94. The van der Waals surface area contributed by atoms with Crippen LogP contribution in [-0.4, -0.2) is 52.2 Å². The first-order chi connectivity index (χ1) is 12.4. The van der Waals surface area contributed by atoms with Crippen LogP contribution in [0.2, 0.25) is 0 Å². The van der Waals surface area contributed by atoms with Crippen LogP contribution in [0, 0.1) is 0 Å². The van der Waals surface area contributed by atoms with E-state index in [1.165, 1.54) is 6.07 Å². The maximum absolute atomic E-state index is 12.1. The third-order valence-corrected chi connectivity index (χ3v) is 5.43. The molecule has 3 rings (SSSR count). The van der Waals surface area contributed by atoms with E-state index in [1.54, 1.807) is 30.5 Å². The summed E-state index contributed by atoms with van der Waals surface area (Å²) in [4.78, 5) is 18.4. The van der Waals surface area contributed by atoms with Crippen molar-refractivity contribution in [3.8, 4) is 0 Å². The molecule has 0 saturated heterocycles. The predicted molar refractivity (Wildman–Crippen MR) is 96.3 cm³/mol. The summed E-state index contributed by atoms with van der Waals surface area (Å²) in [7, 11) is 0.185. The van der Waals surface area contributed by atoms with Crippen LogP contribution in [0.15, 0.2) is 57.0 Å². The normalized spacial score (nSPS) is 17.7. The highest BCUT2D eigenvalue weighted by Crippen LogP contribution is 2.22. The van der Waals surface area contributed by atoms with Crippen molar-refractivity contribution in [3.63, 3.8) is 0 Å². The number of fused-ring (bicyclic) bond motifs is 1. The van der Waals surface area contributed by atoms with E-state index in [9.17, 15) is 13.2 Å². The fraction of sp³-hybridized carbons (Fsp3) is 0.294. The highest BCUT2D eigenvalue weighted by atomic mass is 32.2. The minimum atomic E-state index is -3.60. The molecule has 1 amide bonds. The van der Waals surface area contributed by atoms with Crippen molar-refractivity contribution in [2.75, 3.05) is 27.2 Å². The van der Waals surface area contributed by atoms with Gasteiger partial charge in [-0.05, 0) is 38.4 Å². The molecule has 0 fully saturated rings. The number of benzene rings is 1. The highest BCUT2D eigenvalue weighted by molar-refractivity contribution is 7.90. The summed E-state index contributed by atoms with van der Waals surface area (Å²) in [6.45, 7) is 0.178. The van der Waals surface area contributed by atoms with E-state index in [2.05, 4.69) is 15.0 Å². The molecule has 2 N–H and O–H groups in total. The Balaban J connectivity index is 1.64. The molecule has 1 aromatic carbocycles. The van der Waals surface area contributed by atoms with Crippen LogP contribution in [0.5, 0.6) is 0 Å². The number of carbonyl (C=O) groups is 1. The highest BCUT2D eigenvalue weighted by Gasteiger charge is 2.30. The topological polar surface area (TPSA) is 104 Å². The van der Waals surface area contributed by atoms with Gasteiger partial charge < -0.3 is 9.73 Å². The molecule has 26 heavy (non-hydrogen) atoms. The molecular weight excluding hydrogens is 356 g/mol. The molecule has 1 unspecified atom stereocenters. The van der Waals surface area contributed by atoms with Gasteiger partial charge in [-0.1, -0.05) is 12.1 Å². The van der Waals surface area contributed by atoms with E-state index in [0.29, 0.717) is 12.1 Å². The second kappa shape index (κ2) is 7.30. The van der Waals surface area contributed by atoms with Crippen LogP contribution in [0.3, 0.4) is 0 Å². The summed E-state index contributed by atoms with van der Waals surface area (Å²) in [6.07, 6.45) is 1.59. The summed E-state index contributed by atoms with van der Waals surface area (Å²) in [5.74, 6) is 0.629. The lowest BCUT2D eigenvalue weighted by molar-refractivity contribution is -0.119. The largest absolute Gasteiger partial charge is 0.468 e. The molecule has 1 aromatic heterocycles. The van der Waals surface area contributed by atoms with Crippen LogP contribution in [0.25, 0.3) is 0 Å². The number of nitrogens with one attached hydrogen (secondary N) is 2. The molecule has 2 heterocycles. The Morgan fingerprint density at radius 1 is 1.27 bits per heavy atom. The number of nitrogens with zero attached hydrogens (tertiary/aromatic N) is 2. The van der Waals surface area contributed by atoms with Gasteiger partial charge in [-0.25, -0.2) is 8.42 Å². The number of rotatable bonds is 6. The van der Waals surface area contributed by atoms with Gasteiger partial charge in [0.1, 0.15) is 18.1 Å². The van der Waals surface area contributed by atoms with Crippen LogP contribution in [-0.2, 0) is 14.8 Å². The van der Waals surface area contributed by atoms with Crippen molar-refractivity contribution in [2.24, 2.45) is 4.99 Å². The number of aliphatic imine (C=N–C) groups is 1. The van der Waals surface area contributed by atoms with E-state index >= 15 is 0 Å². The van der Waals surface area contributed by atoms with Gasteiger partial charge in [-0.3, -0.25) is 19.4 Å². The molecule has 0 bridgehead atoms. The van der Waals surface area contributed by atoms with Crippen molar-refractivity contribution >= 4 is 21.8 Å². The molecule has 9 heteroatoms. The van der Waals surface area contributed by atoms with Gasteiger partial charge in [0.05, 0.1) is 17.2 Å². The molecule has 1 atom stereocenters. The van der Waals surface area contributed by atoms with Gasteiger partial charge in [0.15, 0.2) is 0 Å². The van der Waals surface area contributed by atoms with E-state index in [0.717, 1.165) is 5.76 Å². The number of furan rings is 1. The molecule has 1 aliphatic heterocycles. The van der Waals surface area contributed by atoms with Crippen molar-refractivity contribution < 1.29 is 17.6 Å². The molecule has 1 aliphatic rings. The molecule has 0 saturated carbocycles. The van der Waals surface area contributed by atoms with Crippen LogP contribution in [0.4, 0.5) is 0 Å². The summed E-state index contributed by atoms with van der Waals surface area (Å²) in [6, 6.07) is 10.1. The SMILES string of the molecule is CN(C)C(CNC(=O)CN=C1NS(=O)(=O)c2ccccc21)c1ccco1. The number of sulfonamides is 1. The molecule has 0 spiro atoms. The minimum Gasteiger partial charge on any atom is -0.468 e. The average Bonchev–Trinajstić information content (AvgIpc) is 3.20. The third kappa shape index (κ3) is 3.78. The number of amidine groups is 1. The smallest absolute Gasteiger partial charge is 0.263 e. The monoisotopic (exact) mass is 376 g/mol. The van der Waals surface area contributed by atoms with Crippen molar-refractivity contribution in [1.82, 2.24) is 14.9 Å². The molecule has 8 nitrogen and oxygen atoms in total. The van der Waals surface area contributed by atoms with Crippen molar-refractivity contribution in [2.45, 2.75) is 10.9 Å². The predicted octanol–water partition coefficient (Wildman–Crippen LogP) is 0.737. The number of hydrogen-bond donors (Lipinski definition) is 2. The minimum absolute atomic E-state index is 0.104. The Labute approximate surface area is 152 Å². The van der Waals surface area contributed by atoms with Crippen LogP contribution >= 0.6 is 0 Å². The number of likely N-dealkylation sites (N-methyl/N-ethyl adjacent to an activating group) is 1. The summed E-state index contributed by atoms with van der Waals surface area (Å²) < 4.78 is 31.8. The average molecular weight is 376 g/mol. The van der Waals surface area contributed by atoms with Gasteiger partial charge in [-0.15, -0.1) is 0 Å².